The minimum atomic E-state index is -1.77. The Labute approximate surface area is 179 Å². The molecule has 30 heavy (non-hydrogen) atoms. The van der Waals surface area contributed by atoms with Gasteiger partial charge in [0.25, 0.3) is 5.69 Å². The SMILES string of the molecule is COC(=O)CC(C(=O)OC)/C(=C/C#C[Si](C)(C)[Si](C)(C)C)c1ccc([N+](=O)[O-])cc1. The first kappa shape index (κ1) is 25.3. The van der Waals surface area contributed by atoms with Crippen LogP contribution in [0.2, 0.25) is 32.7 Å². The number of ether oxygens (including phenoxy) is 2. The maximum Gasteiger partial charge on any atom is 0.313 e. The Morgan fingerprint density at radius 1 is 1.10 bits per heavy atom. The number of benzene rings is 1. The van der Waals surface area contributed by atoms with Crippen LogP contribution in [0.4, 0.5) is 5.69 Å². The summed E-state index contributed by atoms with van der Waals surface area (Å²) in [6.07, 6.45) is 1.41. The van der Waals surface area contributed by atoms with Crippen LogP contribution in [-0.2, 0) is 19.1 Å². The van der Waals surface area contributed by atoms with Crippen LogP contribution < -0.4 is 0 Å². The van der Waals surface area contributed by atoms with Gasteiger partial charge in [-0.25, -0.2) is 0 Å². The summed E-state index contributed by atoms with van der Waals surface area (Å²) in [5.41, 5.74) is 4.36. The molecule has 7 nitrogen and oxygen atoms in total. The van der Waals surface area contributed by atoms with E-state index in [1.54, 1.807) is 18.2 Å². The molecule has 0 aliphatic heterocycles. The van der Waals surface area contributed by atoms with E-state index in [9.17, 15) is 19.7 Å². The Hall–Kier alpha value is -2.71. The summed E-state index contributed by atoms with van der Waals surface area (Å²) in [5.74, 6) is 1.00. The number of nitro groups is 1. The first-order valence-corrected chi connectivity index (χ1v) is 17.0. The van der Waals surface area contributed by atoms with Gasteiger partial charge in [-0.1, -0.05) is 38.7 Å². The Kier molecular flexibility index (Phi) is 8.75. The average molecular weight is 448 g/mol. The van der Waals surface area contributed by atoms with E-state index in [1.165, 1.54) is 26.4 Å². The summed E-state index contributed by atoms with van der Waals surface area (Å²) in [6.45, 7) is 11.3. The van der Waals surface area contributed by atoms with Crippen molar-refractivity contribution in [1.29, 1.82) is 0 Å². The van der Waals surface area contributed by atoms with Gasteiger partial charge in [-0.3, -0.25) is 19.7 Å². The molecule has 0 radical (unpaired) electrons. The zero-order chi connectivity index (χ0) is 23.1. The van der Waals surface area contributed by atoms with Gasteiger partial charge >= 0.3 is 11.9 Å². The second kappa shape index (κ2) is 10.4. The van der Waals surface area contributed by atoms with Gasteiger partial charge in [0.05, 0.1) is 39.1 Å². The Bertz CT molecular complexity index is 889. The molecule has 0 saturated heterocycles. The quantitative estimate of drug-likeness (QED) is 0.206. The van der Waals surface area contributed by atoms with E-state index in [1.807, 2.05) is 0 Å². The van der Waals surface area contributed by atoms with Crippen molar-refractivity contribution in [2.75, 3.05) is 14.2 Å². The second-order valence-electron chi connectivity index (χ2n) is 8.40. The summed E-state index contributed by atoms with van der Waals surface area (Å²) in [5, 5.41) is 11.0. The number of methoxy groups -OCH3 is 2. The van der Waals surface area contributed by atoms with E-state index in [2.05, 4.69) is 44.2 Å². The molecule has 0 aliphatic carbocycles. The maximum absolute atomic E-state index is 12.5. The monoisotopic (exact) mass is 447 g/mol. The van der Waals surface area contributed by atoms with E-state index < -0.39 is 38.0 Å². The van der Waals surface area contributed by atoms with Crippen molar-refractivity contribution in [3.8, 4) is 11.5 Å². The average Bonchev–Trinajstić information content (AvgIpc) is 2.68. The molecule has 0 aromatic heterocycles. The lowest BCUT2D eigenvalue weighted by molar-refractivity contribution is -0.384. The molecule has 1 rings (SSSR count). The molecule has 0 aliphatic rings. The van der Waals surface area contributed by atoms with E-state index in [0.717, 1.165) is 0 Å². The molecule has 0 heterocycles. The zero-order valence-corrected chi connectivity index (χ0v) is 20.6. The van der Waals surface area contributed by atoms with Crippen LogP contribution in [-0.4, -0.2) is 46.3 Å². The summed E-state index contributed by atoms with van der Waals surface area (Å²) >= 11 is 0. The fraction of sp³-hybridized carbons (Fsp3) is 0.429. The van der Waals surface area contributed by atoms with E-state index >= 15 is 0 Å². The standard InChI is InChI=1S/C21H29NO6Si2/c1-27-20(23)15-19(21(24)28-2)18(9-8-14-30(6,7)29(3,4)5)16-10-12-17(13-11-16)22(25)26/h9-13,19H,15H2,1-7H3/b18-9+. The van der Waals surface area contributed by atoms with Gasteiger partial charge in [0.2, 0.25) is 0 Å². The molecule has 0 saturated carbocycles. The molecular formula is C21H29NO6Si2. The highest BCUT2D eigenvalue weighted by molar-refractivity contribution is 7.43. The van der Waals surface area contributed by atoms with Gasteiger partial charge in [0.15, 0.2) is 0 Å². The number of allylic oxidation sites excluding steroid dienone is 1. The predicted molar refractivity (Wildman–Crippen MR) is 122 cm³/mol. The molecule has 0 spiro atoms. The fourth-order valence-corrected chi connectivity index (χ4v) is 4.50. The minimum absolute atomic E-state index is 0.0703. The molecule has 1 unspecified atom stereocenters. The topological polar surface area (TPSA) is 95.7 Å². The normalized spacial score (nSPS) is 13.0. The number of non-ortho nitro benzene ring substituents is 1. The molecule has 9 heteroatoms. The third kappa shape index (κ3) is 6.67. The van der Waals surface area contributed by atoms with Crippen LogP contribution in [0.1, 0.15) is 12.0 Å². The number of carbonyl (C=O) groups excluding carboxylic acids is 2. The number of hydrogen-bond donors (Lipinski definition) is 0. The summed E-state index contributed by atoms with van der Waals surface area (Å²) in [6, 6.07) is 5.79. The van der Waals surface area contributed by atoms with Gasteiger partial charge in [-0.2, -0.15) is 0 Å². The van der Waals surface area contributed by atoms with Crippen LogP contribution in [0.3, 0.4) is 0 Å². The van der Waals surface area contributed by atoms with Crippen molar-refractivity contribution in [2.24, 2.45) is 5.92 Å². The van der Waals surface area contributed by atoms with E-state index in [-0.39, 0.29) is 12.1 Å². The maximum atomic E-state index is 12.5. The first-order chi connectivity index (χ1) is 13.8. The summed E-state index contributed by atoms with van der Waals surface area (Å²) < 4.78 is 9.62. The minimum Gasteiger partial charge on any atom is -0.469 e. The van der Waals surface area contributed by atoms with Crippen molar-refractivity contribution in [3.05, 3.63) is 46.0 Å². The Morgan fingerprint density at radius 3 is 2.10 bits per heavy atom. The number of esters is 2. The molecule has 0 N–H and O–H groups in total. The number of nitro benzene ring substituents is 1. The van der Waals surface area contributed by atoms with Crippen LogP contribution in [0.25, 0.3) is 5.57 Å². The van der Waals surface area contributed by atoms with Crippen LogP contribution in [0.15, 0.2) is 30.3 Å². The molecule has 0 bridgehead atoms. The lowest BCUT2D eigenvalue weighted by Crippen LogP contribution is -2.51. The zero-order valence-electron chi connectivity index (χ0n) is 18.6. The van der Waals surface area contributed by atoms with Crippen LogP contribution >= 0.6 is 0 Å². The molecule has 1 atom stereocenters. The lowest BCUT2D eigenvalue weighted by Gasteiger charge is -2.29. The van der Waals surface area contributed by atoms with Crippen molar-refractivity contribution in [3.63, 3.8) is 0 Å². The lowest BCUT2D eigenvalue weighted by atomic mass is 9.89. The Balaban J connectivity index is 3.56. The fourth-order valence-electron chi connectivity index (χ4n) is 2.35. The second-order valence-corrected chi connectivity index (χ2v) is 24.7. The van der Waals surface area contributed by atoms with E-state index in [4.69, 9.17) is 9.47 Å². The Morgan fingerprint density at radius 2 is 1.67 bits per heavy atom. The number of nitrogens with zero attached hydrogens (tertiary/aromatic N) is 1. The highest BCUT2D eigenvalue weighted by Gasteiger charge is 2.35. The number of carbonyl (C=O) groups is 2. The molecular weight excluding hydrogens is 418 g/mol. The largest absolute Gasteiger partial charge is 0.469 e. The first-order valence-electron chi connectivity index (χ1n) is 9.46. The summed E-state index contributed by atoms with van der Waals surface area (Å²) in [4.78, 5) is 34.9. The van der Waals surface area contributed by atoms with E-state index in [0.29, 0.717) is 11.1 Å². The van der Waals surface area contributed by atoms with Gasteiger partial charge in [-0.05, 0) is 29.3 Å². The summed E-state index contributed by atoms with van der Waals surface area (Å²) in [7, 11) is -0.731. The number of rotatable bonds is 7. The molecule has 1 aromatic carbocycles. The highest BCUT2D eigenvalue weighted by atomic mass is 29.3. The van der Waals surface area contributed by atoms with Gasteiger partial charge in [-0.15, -0.1) is 5.54 Å². The third-order valence-electron chi connectivity index (χ3n) is 5.36. The van der Waals surface area contributed by atoms with Gasteiger partial charge in [0.1, 0.15) is 7.59 Å². The molecule has 1 aromatic rings. The van der Waals surface area contributed by atoms with Gasteiger partial charge < -0.3 is 9.47 Å². The van der Waals surface area contributed by atoms with Gasteiger partial charge in [0, 0.05) is 12.1 Å². The third-order valence-corrected chi connectivity index (χ3v) is 21.5. The van der Waals surface area contributed by atoms with Crippen molar-refractivity contribution >= 4 is 38.4 Å². The van der Waals surface area contributed by atoms with Crippen molar-refractivity contribution < 1.29 is 24.0 Å². The van der Waals surface area contributed by atoms with Crippen molar-refractivity contribution in [2.45, 2.75) is 39.2 Å². The molecule has 0 fully saturated rings. The van der Waals surface area contributed by atoms with Crippen molar-refractivity contribution in [1.82, 2.24) is 0 Å². The number of hydrogen-bond acceptors (Lipinski definition) is 6. The molecule has 0 amide bonds. The van der Waals surface area contributed by atoms with Crippen LogP contribution in [0.5, 0.6) is 0 Å². The smallest absolute Gasteiger partial charge is 0.313 e. The molecule has 162 valence electrons. The van der Waals surface area contributed by atoms with Crippen LogP contribution in [0, 0.1) is 27.5 Å². The predicted octanol–water partition coefficient (Wildman–Crippen LogP) is 4.00. The highest BCUT2D eigenvalue weighted by Crippen LogP contribution is 2.29.